The van der Waals surface area contributed by atoms with Crippen LogP contribution in [0.4, 0.5) is 0 Å². The van der Waals surface area contributed by atoms with Crippen molar-refractivity contribution in [2.24, 2.45) is 13.0 Å². The van der Waals surface area contributed by atoms with Crippen molar-refractivity contribution in [3.63, 3.8) is 0 Å². The van der Waals surface area contributed by atoms with E-state index in [-0.39, 0.29) is 5.92 Å². The van der Waals surface area contributed by atoms with Gasteiger partial charge in [0.15, 0.2) is 5.65 Å². The molecule has 0 unspecified atom stereocenters. The van der Waals surface area contributed by atoms with E-state index in [0.717, 1.165) is 37.4 Å². The SMILES string of the molecule is CC(C)[C@@H](O)c1cc2ccc(-c3cnc4nn(C)cc4c3)nc2s1. The standard InChI is InChI=1S/C18H18N4OS/c1-10(2)16(23)15-7-11-4-5-14(20-18(11)24-15)12-6-13-9-22(3)21-17(13)19-8-12/h4-10,16,23H,1-3H3/t16-/m1/s1. The number of aryl methyl sites for hydroxylation is 1. The van der Waals surface area contributed by atoms with Gasteiger partial charge in [-0.1, -0.05) is 13.8 Å². The molecule has 122 valence electrons. The van der Waals surface area contributed by atoms with E-state index in [1.54, 1.807) is 22.2 Å². The third kappa shape index (κ3) is 2.57. The molecule has 0 saturated heterocycles. The Kier molecular flexibility index (Phi) is 3.58. The summed E-state index contributed by atoms with van der Waals surface area (Å²) in [5, 5.41) is 16.6. The maximum atomic E-state index is 10.3. The fourth-order valence-corrected chi connectivity index (χ4v) is 3.94. The van der Waals surface area contributed by atoms with Gasteiger partial charge in [0.2, 0.25) is 0 Å². The van der Waals surface area contributed by atoms with Crippen molar-refractivity contribution in [1.82, 2.24) is 19.7 Å². The van der Waals surface area contributed by atoms with Crippen molar-refractivity contribution in [3.8, 4) is 11.3 Å². The van der Waals surface area contributed by atoms with E-state index in [0.29, 0.717) is 0 Å². The lowest BCUT2D eigenvalue weighted by atomic mass is 10.1. The minimum atomic E-state index is -0.443. The lowest BCUT2D eigenvalue weighted by molar-refractivity contribution is 0.130. The summed E-state index contributed by atoms with van der Waals surface area (Å²) in [5.41, 5.74) is 2.59. The third-order valence-corrected chi connectivity index (χ3v) is 5.21. The van der Waals surface area contributed by atoms with Gasteiger partial charge in [-0.2, -0.15) is 5.10 Å². The summed E-state index contributed by atoms with van der Waals surface area (Å²) < 4.78 is 1.76. The van der Waals surface area contributed by atoms with Crippen LogP contribution in [-0.2, 0) is 7.05 Å². The van der Waals surface area contributed by atoms with Crippen molar-refractivity contribution >= 4 is 32.6 Å². The van der Waals surface area contributed by atoms with Gasteiger partial charge in [0, 0.05) is 40.7 Å². The molecule has 0 aromatic carbocycles. The van der Waals surface area contributed by atoms with Gasteiger partial charge in [-0.3, -0.25) is 4.68 Å². The van der Waals surface area contributed by atoms with Crippen LogP contribution in [0.15, 0.2) is 36.7 Å². The molecule has 6 heteroatoms. The Morgan fingerprint density at radius 2 is 2.00 bits per heavy atom. The molecule has 1 atom stereocenters. The summed E-state index contributed by atoms with van der Waals surface area (Å²) >= 11 is 1.55. The predicted octanol–water partition coefficient (Wildman–Crippen LogP) is 3.93. The first-order valence-electron chi connectivity index (χ1n) is 7.89. The summed E-state index contributed by atoms with van der Waals surface area (Å²) in [4.78, 5) is 11.1. The summed E-state index contributed by atoms with van der Waals surface area (Å²) in [6, 6.07) is 8.14. The molecule has 0 saturated carbocycles. The van der Waals surface area contributed by atoms with Crippen molar-refractivity contribution in [1.29, 1.82) is 0 Å². The smallest absolute Gasteiger partial charge is 0.181 e. The van der Waals surface area contributed by atoms with Crippen molar-refractivity contribution in [2.75, 3.05) is 0 Å². The third-order valence-electron chi connectivity index (χ3n) is 4.09. The monoisotopic (exact) mass is 338 g/mol. The molecule has 0 aliphatic carbocycles. The zero-order valence-electron chi connectivity index (χ0n) is 13.8. The number of fused-ring (bicyclic) bond motifs is 2. The first-order chi connectivity index (χ1) is 11.5. The Hall–Kier alpha value is -2.31. The first-order valence-corrected chi connectivity index (χ1v) is 8.71. The Labute approximate surface area is 143 Å². The van der Waals surface area contributed by atoms with Gasteiger partial charge in [0.1, 0.15) is 4.83 Å². The van der Waals surface area contributed by atoms with E-state index in [9.17, 15) is 5.11 Å². The minimum Gasteiger partial charge on any atom is -0.387 e. The Bertz CT molecular complexity index is 1030. The van der Waals surface area contributed by atoms with Crippen LogP contribution >= 0.6 is 11.3 Å². The molecule has 0 aliphatic rings. The highest BCUT2D eigenvalue weighted by atomic mass is 32.1. The summed E-state index contributed by atoms with van der Waals surface area (Å²) in [6.45, 7) is 4.03. The molecule has 0 fully saturated rings. The van der Waals surface area contributed by atoms with Crippen LogP contribution in [0, 0.1) is 5.92 Å². The second kappa shape index (κ2) is 5.65. The van der Waals surface area contributed by atoms with Crippen molar-refractivity contribution in [2.45, 2.75) is 20.0 Å². The second-order valence-electron chi connectivity index (χ2n) is 6.37. The van der Waals surface area contributed by atoms with Gasteiger partial charge in [0.25, 0.3) is 0 Å². The van der Waals surface area contributed by atoms with E-state index in [1.165, 1.54) is 0 Å². The molecule has 4 rings (SSSR count). The molecule has 5 nitrogen and oxygen atoms in total. The van der Waals surface area contributed by atoms with Crippen LogP contribution in [0.25, 0.3) is 32.5 Å². The number of aromatic nitrogens is 4. The summed E-state index contributed by atoms with van der Waals surface area (Å²) in [7, 11) is 1.89. The van der Waals surface area contributed by atoms with Crippen molar-refractivity contribution in [3.05, 3.63) is 41.5 Å². The van der Waals surface area contributed by atoms with E-state index in [1.807, 2.05) is 39.2 Å². The van der Waals surface area contributed by atoms with Crippen LogP contribution in [0.3, 0.4) is 0 Å². The van der Waals surface area contributed by atoms with Crippen LogP contribution in [0.1, 0.15) is 24.8 Å². The molecule has 4 aromatic heterocycles. The lowest BCUT2D eigenvalue weighted by Gasteiger charge is -2.11. The van der Waals surface area contributed by atoms with Gasteiger partial charge < -0.3 is 5.11 Å². The Morgan fingerprint density at radius 3 is 2.79 bits per heavy atom. The lowest BCUT2D eigenvalue weighted by Crippen LogP contribution is -2.02. The quantitative estimate of drug-likeness (QED) is 0.615. The zero-order valence-corrected chi connectivity index (χ0v) is 14.6. The second-order valence-corrected chi connectivity index (χ2v) is 7.43. The predicted molar refractivity (Wildman–Crippen MR) is 96.9 cm³/mol. The molecule has 24 heavy (non-hydrogen) atoms. The number of rotatable bonds is 3. The number of pyridine rings is 2. The van der Waals surface area contributed by atoms with Crippen LogP contribution < -0.4 is 0 Å². The van der Waals surface area contributed by atoms with E-state index in [2.05, 4.69) is 22.2 Å². The average Bonchev–Trinajstić information content (AvgIpc) is 3.14. The number of aliphatic hydroxyl groups excluding tert-OH is 1. The minimum absolute atomic E-state index is 0.190. The van der Waals surface area contributed by atoms with Gasteiger partial charge in [-0.25, -0.2) is 9.97 Å². The molecule has 1 N–H and O–H groups in total. The Morgan fingerprint density at radius 1 is 1.17 bits per heavy atom. The van der Waals surface area contributed by atoms with Crippen LogP contribution in [0.5, 0.6) is 0 Å². The topological polar surface area (TPSA) is 63.8 Å². The van der Waals surface area contributed by atoms with Gasteiger partial charge in [0.05, 0.1) is 11.8 Å². The normalized spacial score (nSPS) is 13.2. The van der Waals surface area contributed by atoms with Gasteiger partial charge in [-0.15, -0.1) is 11.3 Å². The zero-order chi connectivity index (χ0) is 16.8. The van der Waals surface area contributed by atoms with Crippen LogP contribution in [0.2, 0.25) is 0 Å². The van der Waals surface area contributed by atoms with E-state index in [4.69, 9.17) is 4.98 Å². The summed E-state index contributed by atoms with van der Waals surface area (Å²) in [6.07, 6.45) is 3.31. The molecular formula is C18H18N4OS. The molecule has 4 aromatic rings. The molecular weight excluding hydrogens is 320 g/mol. The fourth-order valence-electron chi connectivity index (χ4n) is 2.74. The largest absolute Gasteiger partial charge is 0.387 e. The van der Waals surface area contributed by atoms with E-state index >= 15 is 0 Å². The highest BCUT2D eigenvalue weighted by Crippen LogP contribution is 2.33. The number of hydrogen-bond acceptors (Lipinski definition) is 5. The number of thiophene rings is 1. The Balaban J connectivity index is 1.78. The number of aliphatic hydroxyl groups is 1. The first kappa shape index (κ1) is 15.2. The van der Waals surface area contributed by atoms with Crippen molar-refractivity contribution < 1.29 is 5.11 Å². The van der Waals surface area contributed by atoms with Gasteiger partial charge in [-0.05, 0) is 30.2 Å². The maximum absolute atomic E-state index is 10.3. The number of hydrogen-bond donors (Lipinski definition) is 1. The van der Waals surface area contributed by atoms with E-state index < -0.39 is 6.10 Å². The number of nitrogens with zero attached hydrogens (tertiary/aromatic N) is 4. The average molecular weight is 338 g/mol. The molecule has 0 radical (unpaired) electrons. The fraction of sp³-hybridized carbons (Fsp3) is 0.278. The highest BCUT2D eigenvalue weighted by Gasteiger charge is 2.16. The molecule has 0 spiro atoms. The van der Waals surface area contributed by atoms with Gasteiger partial charge >= 0.3 is 0 Å². The molecule has 0 aliphatic heterocycles. The molecule has 4 heterocycles. The molecule has 0 amide bonds. The highest BCUT2D eigenvalue weighted by molar-refractivity contribution is 7.18. The summed E-state index contributed by atoms with van der Waals surface area (Å²) in [5.74, 6) is 0.190. The molecule has 0 bridgehead atoms. The van der Waals surface area contributed by atoms with Crippen LogP contribution in [-0.4, -0.2) is 24.9 Å². The maximum Gasteiger partial charge on any atom is 0.181 e.